The zero-order chi connectivity index (χ0) is 10.7. The molecule has 0 N–H and O–H groups in total. The highest BCUT2D eigenvalue weighted by Gasteiger charge is 2.06. The molecular formula is C11H10N2O2. The van der Waals surface area contributed by atoms with Gasteiger partial charge in [0.1, 0.15) is 12.1 Å². The molecule has 0 radical (unpaired) electrons. The Hall–Kier alpha value is -2.10. The fourth-order valence-electron chi connectivity index (χ4n) is 1.26. The molecule has 15 heavy (non-hydrogen) atoms. The van der Waals surface area contributed by atoms with Crippen molar-refractivity contribution in [1.82, 2.24) is 9.55 Å². The van der Waals surface area contributed by atoms with Crippen LogP contribution >= 0.6 is 0 Å². The van der Waals surface area contributed by atoms with Gasteiger partial charge in [0.15, 0.2) is 0 Å². The molecular weight excluding hydrogens is 192 g/mol. The molecule has 1 aromatic carbocycles. The molecule has 4 nitrogen and oxygen atoms in total. The van der Waals surface area contributed by atoms with E-state index < -0.39 is 0 Å². The first-order valence-electron chi connectivity index (χ1n) is 4.48. The second-order valence-corrected chi connectivity index (χ2v) is 3.00. The minimum absolute atomic E-state index is 0.102. The molecule has 2 aromatic rings. The van der Waals surface area contributed by atoms with Crippen molar-refractivity contribution in [2.45, 2.75) is 0 Å². The summed E-state index contributed by atoms with van der Waals surface area (Å²) in [4.78, 5) is 15.6. The lowest BCUT2D eigenvalue weighted by atomic mass is 10.2. The summed E-state index contributed by atoms with van der Waals surface area (Å²) in [6, 6.07) is 6.96. The van der Waals surface area contributed by atoms with Crippen molar-refractivity contribution >= 4 is 5.91 Å². The van der Waals surface area contributed by atoms with Gasteiger partial charge in [0.05, 0.1) is 7.11 Å². The van der Waals surface area contributed by atoms with Gasteiger partial charge in [-0.15, -0.1) is 0 Å². The van der Waals surface area contributed by atoms with Gasteiger partial charge in [-0.25, -0.2) is 4.98 Å². The fraction of sp³-hybridized carbons (Fsp3) is 0.0909. The van der Waals surface area contributed by atoms with Crippen LogP contribution < -0.4 is 4.74 Å². The standard InChI is InChI=1S/C11H10N2O2/c1-15-10-4-2-9(3-5-10)11(14)13-7-6-12-8-13/h2-8H,1H3. The predicted octanol–water partition coefficient (Wildman–Crippen LogP) is 1.58. The molecule has 4 heteroatoms. The van der Waals surface area contributed by atoms with Crippen LogP contribution in [-0.2, 0) is 0 Å². The van der Waals surface area contributed by atoms with Crippen molar-refractivity contribution in [3.8, 4) is 5.75 Å². The number of carbonyl (C=O) groups is 1. The first-order chi connectivity index (χ1) is 7.31. The van der Waals surface area contributed by atoms with Crippen molar-refractivity contribution in [2.75, 3.05) is 7.11 Å². The van der Waals surface area contributed by atoms with Gasteiger partial charge in [-0.2, -0.15) is 0 Å². The summed E-state index contributed by atoms with van der Waals surface area (Å²) in [6.07, 6.45) is 4.67. The van der Waals surface area contributed by atoms with Crippen molar-refractivity contribution < 1.29 is 9.53 Å². The molecule has 0 spiro atoms. The molecule has 76 valence electrons. The second-order valence-electron chi connectivity index (χ2n) is 3.00. The minimum Gasteiger partial charge on any atom is -0.497 e. The lowest BCUT2D eigenvalue weighted by molar-refractivity contribution is 0.0960. The van der Waals surface area contributed by atoms with Crippen LogP contribution in [0.25, 0.3) is 0 Å². The van der Waals surface area contributed by atoms with Crippen LogP contribution in [0, 0.1) is 0 Å². The number of rotatable bonds is 2. The van der Waals surface area contributed by atoms with Gasteiger partial charge in [-0.3, -0.25) is 9.36 Å². The quantitative estimate of drug-likeness (QED) is 0.742. The average molecular weight is 202 g/mol. The summed E-state index contributed by atoms with van der Waals surface area (Å²) in [7, 11) is 1.59. The number of hydrogen-bond donors (Lipinski definition) is 0. The first-order valence-corrected chi connectivity index (χ1v) is 4.48. The van der Waals surface area contributed by atoms with Crippen LogP contribution in [0.5, 0.6) is 5.75 Å². The van der Waals surface area contributed by atoms with Gasteiger partial charge in [0.2, 0.25) is 0 Å². The summed E-state index contributed by atoms with van der Waals surface area (Å²) in [5.74, 6) is 0.632. The van der Waals surface area contributed by atoms with E-state index in [4.69, 9.17) is 4.74 Å². The van der Waals surface area contributed by atoms with E-state index in [0.29, 0.717) is 5.56 Å². The summed E-state index contributed by atoms with van der Waals surface area (Å²) in [6.45, 7) is 0. The molecule has 1 aromatic heterocycles. The predicted molar refractivity (Wildman–Crippen MR) is 54.9 cm³/mol. The Morgan fingerprint density at radius 2 is 2.07 bits per heavy atom. The topological polar surface area (TPSA) is 44.1 Å². The van der Waals surface area contributed by atoms with E-state index in [2.05, 4.69) is 4.98 Å². The smallest absolute Gasteiger partial charge is 0.263 e. The highest BCUT2D eigenvalue weighted by atomic mass is 16.5. The largest absolute Gasteiger partial charge is 0.497 e. The van der Waals surface area contributed by atoms with Gasteiger partial charge in [0, 0.05) is 18.0 Å². The first kappa shape index (κ1) is 9.45. The van der Waals surface area contributed by atoms with E-state index in [1.54, 1.807) is 43.8 Å². The van der Waals surface area contributed by atoms with Crippen LogP contribution in [0.3, 0.4) is 0 Å². The molecule has 0 saturated heterocycles. The zero-order valence-corrected chi connectivity index (χ0v) is 8.25. The van der Waals surface area contributed by atoms with Crippen LogP contribution in [0.15, 0.2) is 43.0 Å². The molecule has 0 aliphatic rings. The maximum atomic E-state index is 11.8. The number of aromatic nitrogens is 2. The van der Waals surface area contributed by atoms with Crippen LogP contribution in [0.4, 0.5) is 0 Å². The van der Waals surface area contributed by atoms with Crippen LogP contribution in [0.2, 0.25) is 0 Å². The Morgan fingerprint density at radius 1 is 1.33 bits per heavy atom. The molecule has 0 amide bonds. The van der Waals surface area contributed by atoms with Crippen LogP contribution in [0.1, 0.15) is 10.4 Å². The Kier molecular flexibility index (Phi) is 2.49. The maximum Gasteiger partial charge on any atom is 0.263 e. The lowest BCUT2D eigenvalue weighted by Gasteiger charge is -2.02. The third-order valence-electron chi connectivity index (χ3n) is 2.08. The van der Waals surface area contributed by atoms with Crippen molar-refractivity contribution in [1.29, 1.82) is 0 Å². The molecule has 0 aliphatic carbocycles. The highest BCUT2D eigenvalue weighted by Crippen LogP contribution is 2.12. The number of nitrogens with zero attached hydrogens (tertiary/aromatic N) is 2. The number of imidazole rings is 1. The molecule has 0 unspecified atom stereocenters. The SMILES string of the molecule is COc1ccc(C(=O)n2ccnc2)cc1. The number of benzene rings is 1. The van der Waals surface area contributed by atoms with Gasteiger partial charge >= 0.3 is 0 Å². The summed E-state index contributed by atoms with van der Waals surface area (Å²) in [5.41, 5.74) is 0.605. The summed E-state index contributed by atoms with van der Waals surface area (Å²) in [5, 5.41) is 0. The third kappa shape index (κ3) is 1.88. The van der Waals surface area contributed by atoms with E-state index >= 15 is 0 Å². The average Bonchev–Trinajstić information content (AvgIpc) is 2.82. The van der Waals surface area contributed by atoms with Crippen molar-refractivity contribution in [3.05, 3.63) is 48.5 Å². The molecule has 0 saturated carbocycles. The fourth-order valence-corrected chi connectivity index (χ4v) is 1.26. The number of carbonyl (C=O) groups excluding carboxylic acids is 1. The molecule has 0 bridgehead atoms. The number of methoxy groups -OCH3 is 1. The highest BCUT2D eigenvalue weighted by molar-refractivity contribution is 5.95. The monoisotopic (exact) mass is 202 g/mol. The van der Waals surface area contributed by atoms with Gasteiger partial charge in [-0.1, -0.05) is 0 Å². The van der Waals surface area contributed by atoms with Gasteiger partial charge in [-0.05, 0) is 24.3 Å². The summed E-state index contributed by atoms with van der Waals surface area (Å²) >= 11 is 0. The van der Waals surface area contributed by atoms with E-state index in [9.17, 15) is 4.79 Å². The Bertz CT molecular complexity index is 446. The van der Waals surface area contributed by atoms with Crippen LogP contribution in [-0.4, -0.2) is 22.6 Å². The maximum absolute atomic E-state index is 11.8. The van der Waals surface area contributed by atoms with Crippen molar-refractivity contribution in [2.24, 2.45) is 0 Å². The molecule has 0 atom stereocenters. The zero-order valence-electron chi connectivity index (χ0n) is 8.25. The van der Waals surface area contributed by atoms with Crippen molar-refractivity contribution in [3.63, 3.8) is 0 Å². The van der Waals surface area contributed by atoms with Gasteiger partial charge < -0.3 is 4.74 Å². The van der Waals surface area contributed by atoms with E-state index in [0.717, 1.165) is 5.75 Å². The summed E-state index contributed by atoms with van der Waals surface area (Å²) < 4.78 is 6.44. The number of hydrogen-bond acceptors (Lipinski definition) is 3. The molecule has 2 rings (SSSR count). The Labute approximate surface area is 87.1 Å². The lowest BCUT2D eigenvalue weighted by Crippen LogP contribution is -2.09. The number of ether oxygens (including phenoxy) is 1. The third-order valence-corrected chi connectivity index (χ3v) is 2.08. The van der Waals surface area contributed by atoms with Gasteiger partial charge in [0.25, 0.3) is 5.91 Å². The Morgan fingerprint density at radius 3 is 2.60 bits per heavy atom. The molecule has 0 fully saturated rings. The molecule has 1 heterocycles. The van der Waals surface area contributed by atoms with E-state index in [1.165, 1.54) is 10.9 Å². The minimum atomic E-state index is -0.102. The van der Waals surface area contributed by atoms with E-state index in [1.807, 2.05) is 0 Å². The molecule has 0 aliphatic heterocycles. The Balaban J connectivity index is 2.27. The second kappa shape index (κ2) is 3.96. The normalized spacial score (nSPS) is 9.93. The van der Waals surface area contributed by atoms with E-state index in [-0.39, 0.29) is 5.91 Å².